The SMILES string of the molecule is CCCCOC(=O)Cc1ccc2c(c1)c(C(F)(F)F)cn2C. The van der Waals surface area contributed by atoms with Gasteiger partial charge in [0.25, 0.3) is 0 Å². The molecule has 120 valence electrons. The molecule has 0 aliphatic rings. The lowest BCUT2D eigenvalue weighted by atomic mass is 10.1. The molecule has 2 rings (SSSR count). The maximum absolute atomic E-state index is 13.0. The van der Waals surface area contributed by atoms with Crippen LogP contribution >= 0.6 is 0 Å². The van der Waals surface area contributed by atoms with E-state index in [4.69, 9.17) is 4.74 Å². The second kappa shape index (κ2) is 6.42. The predicted octanol–water partition coefficient (Wildman–Crippen LogP) is 4.08. The molecule has 0 aliphatic carbocycles. The van der Waals surface area contributed by atoms with E-state index in [0.29, 0.717) is 17.7 Å². The van der Waals surface area contributed by atoms with Crippen LogP contribution in [-0.2, 0) is 29.2 Å². The molecule has 2 aromatic rings. The van der Waals surface area contributed by atoms with E-state index in [-0.39, 0.29) is 11.8 Å². The van der Waals surface area contributed by atoms with Crippen molar-refractivity contribution in [2.45, 2.75) is 32.4 Å². The van der Waals surface area contributed by atoms with Crippen molar-refractivity contribution in [3.8, 4) is 0 Å². The van der Waals surface area contributed by atoms with E-state index < -0.39 is 17.7 Å². The fourth-order valence-corrected chi connectivity index (χ4v) is 2.32. The highest BCUT2D eigenvalue weighted by atomic mass is 19.4. The minimum Gasteiger partial charge on any atom is -0.465 e. The summed E-state index contributed by atoms with van der Waals surface area (Å²) in [4.78, 5) is 11.7. The molecule has 0 N–H and O–H groups in total. The number of ether oxygens (including phenoxy) is 1. The van der Waals surface area contributed by atoms with Gasteiger partial charge in [0.05, 0.1) is 18.6 Å². The van der Waals surface area contributed by atoms with Crippen LogP contribution < -0.4 is 0 Å². The van der Waals surface area contributed by atoms with Crippen molar-refractivity contribution in [3.05, 3.63) is 35.5 Å². The summed E-state index contributed by atoms with van der Waals surface area (Å²) in [6.07, 6.45) is -1.68. The number of aromatic nitrogens is 1. The van der Waals surface area contributed by atoms with Gasteiger partial charge in [-0.2, -0.15) is 13.2 Å². The van der Waals surface area contributed by atoms with Gasteiger partial charge in [-0.1, -0.05) is 19.4 Å². The molecule has 0 saturated carbocycles. The van der Waals surface area contributed by atoms with Crippen LogP contribution in [0.2, 0.25) is 0 Å². The number of hydrogen-bond donors (Lipinski definition) is 0. The molecule has 1 aromatic carbocycles. The summed E-state index contributed by atoms with van der Waals surface area (Å²) in [6.45, 7) is 2.33. The second-order valence-electron chi connectivity index (χ2n) is 5.25. The highest BCUT2D eigenvalue weighted by Crippen LogP contribution is 2.36. The van der Waals surface area contributed by atoms with Gasteiger partial charge in [-0.15, -0.1) is 0 Å². The van der Waals surface area contributed by atoms with Crippen LogP contribution in [0.1, 0.15) is 30.9 Å². The lowest BCUT2D eigenvalue weighted by molar-refractivity contribution is -0.143. The van der Waals surface area contributed by atoms with Gasteiger partial charge in [-0.25, -0.2) is 0 Å². The number of rotatable bonds is 5. The lowest BCUT2D eigenvalue weighted by Gasteiger charge is -2.06. The number of alkyl halides is 3. The number of carbonyl (C=O) groups excluding carboxylic acids is 1. The lowest BCUT2D eigenvalue weighted by Crippen LogP contribution is -2.09. The summed E-state index contributed by atoms with van der Waals surface area (Å²) in [5, 5.41) is 0.105. The Balaban J connectivity index is 2.24. The molecule has 0 amide bonds. The molecular formula is C16H18F3NO2. The minimum absolute atomic E-state index is 0.0220. The molecule has 0 aliphatic heterocycles. The van der Waals surface area contributed by atoms with Crippen molar-refractivity contribution >= 4 is 16.9 Å². The van der Waals surface area contributed by atoms with Crippen molar-refractivity contribution in [3.63, 3.8) is 0 Å². The first-order chi connectivity index (χ1) is 10.3. The number of nitrogens with zero attached hydrogens (tertiary/aromatic N) is 1. The Kier molecular flexibility index (Phi) is 4.78. The molecule has 0 spiro atoms. The first kappa shape index (κ1) is 16.4. The summed E-state index contributed by atoms with van der Waals surface area (Å²) < 4.78 is 45.5. The number of benzene rings is 1. The zero-order valence-corrected chi connectivity index (χ0v) is 12.5. The van der Waals surface area contributed by atoms with Crippen molar-refractivity contribution in [2.24, 2.45) is 7.05 Å². The molecule has 22 heavy (non-hydrogen) atoms. The molecule has 0 atom stereocenters. The smallest absolute Gasteiger partial charge is 0.418 e. The van der Waals surface area contributed by atoms with Crippen molar-refractivity contribution in [2.75, 3.05) is 6.61 Å². The number of esters is 1. The largest absolute Gasteiger partial charge is 0.465 e. The van der Waals surface area contributed by atoms with Crippen LogP contribution in [-0.4, -0.2) is 17.1 Å². The number of halogens is 3. The van der Waals surface area contributed by atoms with Crippen molar-refractivity contribution in [1.29, 1.82) is 0 Å². The Morgan fingerprint density at radius 3 is 2.68 bits per heavy atom. The molecule has 3 nitrogen and oxygen atoms in total. The van der Waals surface area contributed by atoms with Crippen LogP contribution in [0.3, 0.4) is 0 Å². The Morgan fingerprint density at radius 2 is 2.05 bits per heavy atom. The molecule has 0 fully saturated rings. The second-order valence-corrected chi connectivity index (χ2v) is 5.25. The van der Waals surface area contributed by atoms with E-state index in [1.54, 1.807) is 19.2 Å². The molecule has 0 radical (unpaired) electrons. The molecule has 6 heteroatoms. The van der Waals surface area contributed by atoms with Gasteiger partial charge in [-0.05, 0) is 24.1 Å². The van der Waals surface area contributed by atoms with Gasteiger partial charge in [-0.3, -0.25) is 4.79 Å². The molecule has 1 heterocycles. The first-order valence-corrected chi connectivity index (χ1v) is 7.13. The van der Waals surface area contributed by atoms with Crippen molar-refractivity contribution in [1.82, 2.24) is 4.57 Å². The normalized spacial score (nSPS) is 11.9. The predicted molar refractivity (Wildman–Crippen MR) is 77.5 cm³/mol. The Labute approximate surface area is 126 Å². The Bertz CT molecular complexity index is 674. The number of carbonyl (C=O) groups is 1. The van der Waals surface area contributed by atoms with Gasteiger partial charge in [0, 0.05) is 24.1 Å². The van der Waals surface area contributed by atoms with Crippen LogP contribution in [0.15, 0.2) is 24.4 Å². The standard InChI is InChI=1S/C16H18F3NO2/c1-3-4-7-22-15(21)9-11-5-6-14-12(8-11)13(10-20(14)2)16(17,18)19/h5-6,8,10H,3-4,7,9H2,1-2H3. The topological polar surface area (TPSA) is 31.2 Å². The summed E-state index contributed by atoms with van der Waals surface area (Å²) in [5.41, 5.74) is 0.312. The molecule has 0 saturated heterocycles. The van der Waals surface area contributed by atoms with E-state index in [1.165, 1.54) is 10.6 Å². The van der Waals surface area contributed by atoms with E-state index in [0.717, 1.165) is 19.0 Å². The number of fused-ring (bicyclic) bond motifs is 1. The molecule has 1 aromatic heterocycles. The highest BCUT2D eigenvalue weighted by molar-refractivity contribution is 5.86. The Hall–Kier alpha value is -1.98. The fourth-order valence-electron chi connectivity index (χ4n) is 2.32. The highest BCUT2D eigenvalue weighted by Gasteiger charge is 2.34. The molecule has 0 bridgehead atoms. The zero-order valence-electron chi connectivity index (χ0n) is 12.5. The Morgan fingerprint density at radius 1 is 1.32 bits per heavy atom. The summed E-state index contributed by atoms with van der Waals surface area (Å²) in [6, 6.07) is 4.67. The van der Waals surface area contributed by atoms with Gasteiger partial charge in [0.2, 0.25) is 0 Å². The van der Waals surface area contributed by atoms with Gasteiger partial charge >= 0.3 is 12.1 Å². The number of aryl methyl sites for hydroxylation is 1. The van der Waals surface area contributed by atoms with E-state index in [9.17, 15) is 18.0 Å². The third-order valence-corrected chi connectivity index (χ3v) is 3.47. The average Bonchev–Trinajstić information content (AvgIpc) is 2.76. The third kappa shape index (κ3) is 3.61. The average molecular weight is 313 g/mol. The van der Waals surface area contributed by atoms with E-state index in [2.05, 4.69) is 0 Å². The maximum atomic E-state index is 13.0. The maximum Gasteiger partial charge on any atom is 0.418 e. The van der Waals surface area contributed by atoms with E-state index in [1.807, 2.05) is 6.92 Å². The summed E-state index contributed by atoms with van der Waals surface area (Å²) >= 11 is 0. The quantitative estimate of drug-likeness (QED) is 0.615. The van der Waals surface area contributed by atoms with Gasteiger partial charge in [0.1, 0.15) is 0 Å². The van der Waals surface area contributed by atoms with Gasteiger partial charge < -0.3 is 9.30 Å². The van der Waals surface area contributed by atoms with E-state index >= 15 is 0 Å². The molecular weight excluding hydrogens is 295 g/mol. The summed E-state index contributed by atoms with van der Waals surface area (Å²) in [7, 11) is 1.57. The number of hydrogen-bond acceptors (Lipinski definition) is 2. The van der Waals surface area contributed by atoms with Crippen LogP contribution in [0.5, 0.6) is 0 Å². The zero-order chi connectivity index (χ0) is 16.3. The number of unbranched alkanes of at least 4 members (excludes halogenated alkanes) is 1. The monoisotopic (exact) mass is 313 g/mol. The van der Waals surface area contributed by atoms with Crippen molar-refractivity contribution < 1.29 is 22.7 Å². The molecule has 0 unspecified atom stereocenters. The summed E-state index contributed by atoms with van der Waals surface area (Å²) in [5.74, 6) is -0.419. The van der Waals surface area contributed by atoms with Crippen LogP contribution in [0.25, 0.3) is 10.9 Å². The van der Waals surface area contributed by atoms with Crippen LogP contribution in [0.4, 0.5) is 13.2 Å². The van der Waals surface area contributed by atoms with Gasteiger partial charge in [0.15, 0.2) is 0 Å². The fraction of sp³-hybridized carbons (Fsp3) is 0.438. The van der Waals surface area contributed by atoms with Crippen LogP contribution in [0, 0.1) is 0 Å². The minimum atomic E-state index is -4.42. The first-order valence-electron chi connectivity index (χ1n) is 7.13. The third-order valence-electron chi connectivity index (χ3n) is 3.47.